The number of rotatable bonds is 13. The van der Waals surface area contributed by atoms with E-state index in [9.17, 15) is 14.4 Å². The second-order valence-electron chi connectivity index (χ2n) is 7.62. The molecule has 1 aromatic heterocycles. The lowest BCUT2D eigenvalue weighted by Gasteiger charge is -2.23. The highest BCUT2D eigenvalue weighted by Crippen LogP contribution is 2.21. The molecular formula is C22H30N3O7P. The molecule has 2 amide bonds. The van der Waals surface area contributed by atoms with Gasteiger partial charge < -0.3 is 19.3 Å². The number of carbonyl (C=O) groups excluding carboxylic acids is 2. The summed E-state index contributed by atoms with van der Waals surface area (Å²) in [5, 5.41) is 16.8. The van der Waals surface area contributed by atoms with E-state index >= 15 is 0 Å². The first-order chi connectivity index (χ1) is 16.0. The van der Waals surface area contributed by atoms with Crippen molar-refractivity contribution in [1.82, 2.24) is 15.1 Å². The van der Waals surface area contributed by atoms with Crippen LogP contribution in [0.2, 0.25) is 0 Å². The third kappa shape index (κ3) is 7.12. The van der Waals surface area contributed by atoms with Crippen LogP contribution < -0.4 is 16.3 Å². The molecule has 11 heteroatoms. The van der Waals surface area contributed by atoms with Crippen LogP contribution in [0.3, 0.4) is 0 Å². The van der Waals surface area contributed by atoms with Gasteiger partial charge in [0, 0.05) is 11.8 Å². The average Bonchev–Trinajstić information content (AvgIpc) is 2.81. The Labute approximate surface area is 193 Å². The fraction of sp³-hybridized carbons (Fsp3) is 0.545. The highest BCUT2D eigenvalue weighted by atomic mass is 31.1. The lowest BCUT2D eigenvalue weighted by Crippen LogP contribution is -2.46. The number of carbonyl (C=O) groups is 2. The maximum Gasteiger partial charge on any atom is 0.275 e. The molecule has 3 rings (SSSR count). The molecule has 180 valence electrons. The van der Waals surface area contributed by atoms with E-state index < -0.39 is 11.9 Å². The Bertz CT molecular complexity index is 1010. The molecule has 0 bridgehead atoms. The van der Waals surface area contributed by atoms with Crippen LogP contribution in [0, 0.1) is 0 Å². The topological polar surface area (TPSA) is 129 Å². The molecule has 0 spiro atoms. The van der Waals surface area contributed by atoms with E-state index in [1.54, 1.807) is 12.1 Å². The van der Waals surface area contributed by atoms with Gasteiger partial charge in [0.15, 0.2) is 0 Å². The number of benzene rings is 1. The number of imide groups is 1. The maximum absolute atomic E-state index is 13.0. The largest absolute Gasteiger partial charge is 0.394 e. The van der Waals surface area contributed by atoms with Gasteiger partial charge in [-0.2, -0.15) is 5.10 Å². The van der Waals surface area contributed by atoms with Gasteiger partial charge >= 0.3 is 0 Å². The third-order valence-electron chi connectivity index (χ3n) is 5.13. The van der Waals surface area contributed by atoms with Crippen LogP contribution in [0.1, 0.15) is 25.8 Å². The number of aliphatic hydroxyl groups excluding tert-OH is 1. The number of amides is 2. The number of nitrogens with zero attached hydrogens (tertiary/aromatic N) is 2. The summed E-state index contributed by atoms with van der Waals surface area (Å²) in [4.78, 5) is 36.8. The Hall–Kier alpha value is -2.23. The van der Waals surface area contributed by atoms with Crippen LogP contribution in [0.15, 0.2) is 29.1 Å². The molecule has 1 aliphatic rings. The summed E-state index contributed by atoms with van der Waals surface area (Å²) in [6, 6.07) is 6.44. The fourth-order valence-electron chi connectivity index (χ4n) is 3.46. The molecule has 2 N–H and O–H groups in total. The quantitative estimate of drug-likeness (QED) is 0.235. The molecule has 10 nitrogen and oxygen atoms in total. The molecule has 0 radical (unpaired) electrons. The summed E-state index contributed by atoms with van der Waals surface area (Å²) in [5.74, 6) is -0.830. The van der Waals surface area contributed by atoms with Crippen LogP contribution in [0.5, 0.6) is 0 Å². The second kappa shape index (κ2) is 12.9. The maximum atomic E-state index is 13.0. The molecule has 3 unspecified atom stereocenters. The summed E-state index contributed by atoms with van der Waals surface area (Å²) >= 11 is 0. The van der Waals surface area contributed by atoms with Crippen LogP contribution in [0.4, 0.5) is 0 Å². The van der Waals surface area contributed by atoms with Crippen molar-refractivity contribution in [2.24, 2.45) is 0 Å². The number of fused-ring (bicyclic) bond motifs is 1. The van der Waals surface area contributed by atoms with Crippen LogP contribution in [0.25, 0.3) is 10.8 Å². The standard InChI is InChI=1S/C22H30N3O7P/c1-15(32-13-12-31-11-10-30-9-8-26)14-33-21-16-4-2-3-5-17(16)22(29)25(24-21)18-6-7-19(27)23-20(18)28/h2-5,15,18,26,33H,6-14H2,1H3,(H,23,27,28). The predicted molar refractivity (Wildman–Crippen MR) is 124 cm³/mol. The van der Waals surface area contributed by atoms with Gasteiger partial charge in [-0.15, -0.1) is 0 Å². The summed E-state index contributed by atoms with van der Waals surface area (Å²) in [7, 11) is 0.266. The van der Waals surface area contributed by atoms with E-state index in [0.717, 1.165) is 10.8 Å². The van der Waals surface area contributed by atoms with Gasteiger partial charge in [0.1, 0.15) is 6.04 Å². The lowest BCUT2D eigenvalue weighted by molar-refractivity contribution is -0.136. The molecule has 1 aliphatic heterocycles. The van der Waals surface area contributed by atoms with Gasteiger partial charge in [0.25, 0.3) is 11.5 Å². The summed E-state index contributed by atoms with van der Waals surface area (Å²) in [6.45, 7) is 4.02. The smallest absolute Gasteiger partial charge is 0.275 e. The van der Waals surface area contributed by atoms with Crippen molar-refractivity contribution < 1.29 is 28.9 Å². The van der Waals surface area contributed by atoms with E-state index in [1.807, 2.05) is 19.1 Å². The molecule has 2 heterocycles. The van der Waals surface area contributed by atoms with E-state index in [-0.39, 0.29) is 45.6 Å². The first-order valence-corrected chi connectivity index (χ1v) is 12.2. The Morgan fingerprint density at radius 2 is 1.82 bits per heavy atom. The number of aromatic nitrogens is 2. The van der Waals surface area contributed by atoms with Crippen molar-refractivity contribution in [2.75, 3.05) is 45.8 Å². The number of hydrogen-bond acceptors (Lipinski definition) is 8. The summed E-state index contributed by atoms with van der Waals surface area (Å²) in [6.07, 6.45) is 1.08. The van der Waals surface area contributed by atoms with Crippen LogP contribution in [-0.2, 0) is 23.8 Å². The summed E-state index contributed by atoms with van der Waals surface area (Å²) in [5.41, 5.74) is 0.403. The van der Waals surface area contributed by atoms with Crippen LogP contribution in [-0.4, -0.2) is 78.6 Å². The molecular weight excluding hydrogens is 449 g/mol. The molecule has 1 saturated heterocycles. The van der Waals surface area contributed by atoms with Gasteiger partial charge in [-0.05, 0) is 25.6 Å². The zero-order valence-corrected chi connectivity index (χ0v) is 19.6. The Morgan fingerprint density at radius 1 is 1.12 bits per heavy atom. The molecule has 0 saturated carbocycles. The van der Waals surface area contributed by atoms with E-state index in [0.29, 0.717) is 44.6 Å². The Kier molecular flexibility index (Phi) is 9.90. The lowest BCUT2D eigenvalue weighted by atomic mass is 10.1. The highest BCUT2D eigenvalue weighted by Gasteiger charge is 2.30. The second-order valence-corrected chi connectivity index (χ2v) is 8.86. The molecule has 0 aliphatic carbocycles. The number of aliphatic hydroxyl groups is 1. The highest BCUT2D eigenvalue weighted by molar-refractivity contribution is 7.47. The predicted octanol–water partition coefficient (Wildman–Crippen LogP) is 0.109. The van der Waals surface area contributed by atoms with E-state index in [4.69, 9.17) is 19.3 Å². The van der Waals surface area contributed by atoms with Crippen molar-refractivity contribution in [3.8, 4) is 0 Å². The monoisotopic (exact) mass is 479 g/mol. The van der Waals surface area contributed by atoms with Crippen molar-refractivity contribution in [2.45, 2.75) is 31.9 Å². The van der Waals surface area contributed by atoms with E-state index in [1.165, 1.54) is 4.68 Å². The summed E-state index contributed by atoms with van der Waals surface area (Å²) < 4.78 is 17.6. The third-order valence-corrected chi connectivity index (χ3v) is 6.61. The molecule has 33 heavy (non-hydrogen) atoms. The molecule has 1 aromatic carbocycles. The minimum Gasteiger partial charge on any atom is -0.394 e. The minimum atomic E-state index is -0.796. The van der Waals surface area contributed by atoms with Crippen molar-refractivity contribution in [3.63, 3.8) is 0 Å². The normalized spacial score (nSPS) is 17.7. The number of hydrogen-bond donors (Lipinski definition) is 2. The number of piperidine rings is 1. The van der Waals surface area contributed by atoms with Gasteiger partial charge in [0.05, 0.1) is 56.6 Å². The Balaban J connectivity index is 1.61. The fourth-order valence-corrected chi connectivity index (χ4v) is 4.64. The zero-order valence-electron chi connectivity index (χ0n) is 18.6. The van der Waals surface area contributed by atoms with Crippen molar-refractivity contribution in [3.05, 3.63) is 34.6 Å². The van der Waals surface area contributed by atoms with Gasteiger partial charge in [0.2, 0.25) is 5.91 Å². The molecule has 1 fully saturated rings. The average molecular weight is 479 g/mol. The first kappa shape index (κ1) is 25.4. The SMILES string of the molecule is CC(CPc1nn(C2CCC(=O)NC2=O)c(=O)c2ccccc12)OCCOCCOCCO. The van der Waals surface area contributed by atoms with Gasteiger partial charge in [-0.1, -0.05) is 26.8 Å². The van der Waals surface area contributed by atoms with E-state index in [2.05, 4.69) is 10.4 Å². The molecule has 2 aromatic rings. The number of nitrogens with one attached hydrogen (secondary N) is 1. The first-order valence-electron chi connectivity index (χ1n) is 11.0. The van der Waals surface area contributed by atoms with Gasteiger partial charge in [-0.3, -0.25) is 19.7 Å². The van der Waals surface area contributed by atoms with Crippen LogP contribution >= 0.6 is 8.58 Å². The van der Waals surface area contributed by atoms with Crippen molar-refractivity contribution in [1.29, 1.82) is 0 Å². The molecule has 3 atom stereocenters. The Morgan fingerprint density at radius 3 is 2.55 bits per heavy atom. The van der Waals surface area contributed by atoms with Gasteiger partial charge in [-0.25, -0.2) is 4.68 Å². The number of ether oxygens (including phenoxy) is 3. The zero-order chi connectivity index (χ0) is 23.6. The minimum absolute atomic E-state index is 0.00336. The van der Waals surface area contributed by atoms with Crippen molar-refractivity contribution >= 4 is 36.6 Å².